The van der Waals surface area contributed by atoms with Gasteiger partial charge in [0.25, 0.3) is 5.69 Å². The number of benzene rings is 1. The number of thiophene rings is 1. The molecule has 27 heavy (non-hydrogen) atoms. The van der Waals surface area contributed by atoms with Crippen LogP contribution in [0.15, 0.2) is 36.5 Å². The van der Waals surface area contributed by atoms with Gasteiger partial charge in [-0.1, -0.05) is 0 Å². The maximum atomic E-state index is 14.2. The third-order valence-corrected chi connectivity index (χ3v) is 5.74. The molecule has 1 atom stereocenters. The van der Waals surface area contributed by atoms with Crippen LogP contribution < -0.4 is 4.74 Å². The maximum Gasteiger partial charge on any atom is 0.272 e. The van der Waals surface area contributed by atoms with Gasteiger partial charge in [-0.05, 0) is 25.0 Å². The molecule has 3 heterocycles. The van der Waals surface area contributed by atoms with Gasteiger partial charge in [0.1, 0.15) is 5.75 Å². The zero-order valence-corrected chi connectivity index (χ0v) is 14.8. The second-order valence-corrected chi connectivity index (χ2v) is 7.23. The summed E-state index contributed by atoms with van der Waals surface area (Å²) >= 11 is 1.45. The van der Waals surface area contributed by atoms with Gasteiger partial charge >= 0.3 is 0 Å². The highest BCUT2D eigenvalue weighted by Crippen LogP contribution is 2.41. The zero-order valence-electron chi connectivity index (χ0n) is 14.0. The lowest BCUT2D eigenvalue weighted by Gasteiger charge is -2.17. The van der Waals surface area contributed by atoms with Crippen molar-refractivity contribution in [1.29, 1.82) is 0 Å². The second kappa shape index (κ2) is 6.92. The number of likely N-dealkylation sites (tertiary alicyclic amines) is 1. The highest BCUT2D eigenvalue weighted by molar-refractivity contribution is 7.19. The van der Waals surface area contributed by atoms with Gasteiger partial charge < -0.3 is 9.64 Å². The quantitative estimate of drug-likeness (QED) is 0.367. The molecule has 0 saturated carbocycles. The van der Waals surface area contributed by atoms with Crippen molar-refractivity contribution in [3.63, 3.8) is 0 Å². The molecule has 4 rings (SSSR count). The van der Waals surface area contributed by atoms with E-state index in [-0.39, 0.29) is 17.5 Å². The molecule has 0 N–H and O–H groups in total. The number of aromatic nitrogens is 1. The van der Waals surface area contributed by atoms with Crippen LogP contribution in [0.25, 0.3) is 10.2 Å². The van der Waals surface area contributed by atoms with Crippen LogP contribution in [0.2, 0.25) is 0 Å². The summed E-state index contributed by atoms with van der Waals surface area (Å²) in [7, 11) is 0. The van der Waals surface area contributed by atoms with Crippen LogP contribution in [-0.2, 0) is 4.79 Å². The fourth-order valence-electron chi connectivity index (χ4n) is 3.20. The molecule has 1 unspecified atom stereocenters. The number of rotatable bonds is 5. The van der Waals surface area contributed by atoms with Crippen LogP contribution in [0.3, 0.4) is 0 Å². The first-order valence-corrected chi connectivity index (χ1v) is 9.10. The number of hydrogen-bond acceptors (Lipinski definition) is 6. The normalized spacial score (nSPS) is 16.6. The Balaban J connectivity index is 1.68. The van der Waals surface area contributed by atoms with Crippen LogP contribution >= 0.6 is 11.3 Å². The molecule has 138 valence electrons. The van der Waals surface area contributed by atoms with Gasteiger partial charge in [-0.2, -0.15) is 0 Å². The molecular formula is C18H14FN3O4S. The van der Waals surface area contributed by atoms with Crippen molar-refractivity contribution >= 4 is 33.7 Å². The average molecular weight is 387 g/mol. The van der Waals surface area contributed by atoms with Gasteiger partial charge in [0.05, 0.1) is 27.2 Å². The molecule has 1 amide bonds. The minimum atomic E-state index is -0.811. The Morgan fingerprint density at radius 3 is 2.93 bits per heavy atom. The fraction of sp³-hybridized carbons (Fsp3) is 0.222. The lowest BCUT2D eigenvalue weighted by Crippen LogP contribution is -2.20. The van der Waals surface area contributed by atoms with Crippen molar-refractivity contribution in [3.8, 4) is 11.5 Å². The largest absolute Gasteiger partial charge is 0.453 e. The van der Waals surface area contributed by atoms with Crippen molar-refractivity contribution in [1.82, 2.24) is 9.88 Å². The lowest BCUT2D eigenvalue weighted by molar-refractivity contribution is -0.385. The van der Waals surface area contributed by atoms with Crippen LogP contribution in [0.5, 0.6) is 11.5 Å². The Morgan fingerprint density at radius 1 is 1.33 bits per heavy atom. The molecule has 0 bridgehead atoms. The van der Waals surface area contributed by atoms with E-state index < -0.39 is 10.7 Å². The van der Waals surface area contributed by atoms with E-state index in [0.717, 1.165) is 41.4 Å². The number of nitro groups is 1. The van der Waals surface area contributed by atoms with E-state index in [2.05, 4.69) is 4.98 Å². The summed E-state index contributed by atoms with van der Waals surface area (Å²) in [6.07, 6.45) is 4.25. The standard InChI is InChI=1S/C18H14FN3O4S/c19-12-8-11(22(24)25)3-4-15(12)26-16-5-6-20-13-9-17(27-18(13)16)14-2-1-7-21(14)10-23/h3-6,8-10,14H,1-2,7H2. The number of fused-ring (bicyclic) bond motifs is 1. The van der Waals surface area contributed by atoms with E-state index in [1.54, 1.807) is 17.2 Å². The number of amides is 1. The van der Waals surface area contributed by atoms with E-state index >= 15 is 0 Å². The lowest BCUT2D eigenvalue weighted by atomic mass is 10.2. The van der Waals surface area contributed by atoms with Crippen molar-refractivity contribution in [2.45, 2.75) is 18.9 Å². The Bertz CT molecular complexity index is 1040. The molecular weight excluding hydrogens is 373 g/mol. The van der Waals surface area contributed by atoms with Gasteiger partial charge in [-0.15, -0.1) is 11.3 Å². The third-order valence-electron chi connectivity index (χ3n) is 4.50. The number of nitrogens with zero attached hydrogens (tertiary/aromatic N) is 3. The molecule has 1 aliphatic heterocycles. The summed E-state index contributed by atoms with van der Waals surface area (Å²) in [6.45, 7) is 0.729. The monoisotopic (exact) mass is 387 g/mol. The number of carbonyl (C=O) groups excluding carboxylic acids is 1. The van der Waals surface area contributed by atoms with Crippen LogP contribution in [-0.4, -0.2) is 27.8 Å². The number of halogens is 1. The SMILES string of the molecule is O=CN1CCCC1c1cc2nccc(Oc3ccc([N+](=O)[O-])cc3F)c2s1. The predicted octanol–water partition coefficient (Wildman–Crippen LogP) is 4.43. The average Bonchev–Trinajstić information content (AvgIpc) is 3.29. The third kappa shape index (κ3) is 3.21. The Labute approximate surface area is 157 Å². The van der Waals surface area contributed by atoms with E-state index in [4.69, 9.17) is 4.74 Å². The van der Waals surface area contributed by atoms with E-state index in [1.807, 2.05) is 6.07 Å². The van der Waals surface area contributed by atoms with Crippen LogP contribution in [0, 0.1) is 15.9 Å². The molecule has 1 aliphatic rings. The van der Waals surface area contributed by atoms with E-state index in [9.17, 15) is 19.3 Å². The number of non-ortho nitro benzene ring substituents is 1. The minimum absolute atomic E-state index is 0.0191. The molecule has 7 nitrogen and oxygen atoms in total. The first kappa shape index (κ1) is 17.3. The molecule has 1 aromatic carbocycles. The van der Waals surface area contributed by atoms with Gasteiger partial charge in [0, 0.05) is 29.8 Å². The number of hydrogen-bond donors (Lipinski definition) is 0. The molecule has 3 aromatic rings. The number of nitro benzene ring substituents is 1. The fourth-order valence-corrected chi connectivity index (χ4v) is 4.43. The summed E-state index contributed by atoms with van der Waals surface area (Å²) in [4.78, 5) is 28.4. The summed E-state index contributed by atoms with van der Waals surface area (Å²) in [5, 5.41) is 10.7. The first-order chi connectivity index (χ1) is 13.1. The van der Waals surface area contributed by atoms with Crippen molar-refractivity contribution in [3.05, 3.63) is 57.3 Å². The Morgan fingerprint density at radius 2 is 2.19 bits per heavy atom. The smallest absolute Gasteiger partial charge is 0.272 e. The van der Waals surface area contributed by atoms with Crippen LogP contribution in [0.4, 0.5) is 10.1 Å². The number of ether oxygens (including phenoxy) is 1. The first-order valence-electron chi connectivity index (χ1n) is 8.28. The second-order valence-electron chi connectivity index (χ2n) is 6.15. The molecule has 2 aromatic heterocycles. The minimum Gasteiger partial charge on any atom is -0.453 e. The summed E-state index contributed by atoms with van der Waals surface area (Å²) in [5.41, 5.74) is 0.362. The molecule has 1 saturated heterocycles. The van der Waals surface area contributed by atoms with Crippen molar-refractivity contribution in [2.75, 3.05) is 6.54 Å². The Kier molecular flexibility index (Phi) is 4.44. The van der Waals surface area contributed by atoms with Gasteiger partial charge in [-0.3, -0.25) is 19.9 Å². The van der Waals surface area contributed by atoms with Gasteiger partial charge in [0.15, 0.2) is 11.6 Å². The maximum absolute atomic E-state index is 14.2. The molecule has 0 radical (unpaired) electrons. The van der Waals surface area contributed by atoms with E-state index in [0.29, 0.717) is 11.3 Å². The van der Waals surface area contributed by atoms with Gasteiger partial charge in [-0.25, -0.2) is 4.39 Å². The molecule has 0 aliphatic carbocycles. The summed E-state index contributed by atoms with van der Waals surface area (Å²) in [6, 6.07) is 6.82. The van der Waals surface area contributed by atoms with Crippen LogP contribution in [0.1, 0.15) is 23.8 Å². The number of pyridine rings is 1. The van der Waals surface area contributed by atoms with Crippen molar-refractivity contribution < 1.29 is 18.8 Å². The van der Waals surface area contributed by atoms with Crippen molar-refractivity contribution in [2.24, 2.45) is 0 Å². The molecule has 1 fully saturated rings. The summed E-state index contributed by atoms with van der Waals surface area (Å²) < 4.78 is 20.6. The zero-order chi connectivity index (χ0) is 19.0. The Hall–Kier alpha value is -3.07. The topological polar surface area (TPSA) is 85.6 Å². The number of carbonyl (C=O) groups is 1. The molecule has 0 spiro atoms. The summed E-state index contributed by atoms with van der Waals surface area (Å²) in [5.74, 6) is -0.494. The highest BCUT2D eigenvalue weighted by Gasteiger charge is 2.27. The van der Waals surface area contributed by atoms with E-state index in [1.165, 1.54) is 23.5 Å². The van der Waals surface area contributed by atoms with Gasteiger partial charge in [0.2, 0.25) is 6.41 Å². The highest BCUT2D eigenvalue weighted by atomic mass is 32.1. The molecule has 9 heteroatoms. The predicted molar refractivity (Wildman–Crippen MR) is 97.5 cm³/mol.